The third kappa shape index (κ3) is 4.05. The topological polar surface area (TPSA) is 63.6 Å². The molecule has 0 aliphatic heterocycles. The zero-order valence-corrected chi connectivity index (χ0v) is 16.8. The highest BCUT2D eigenvalue weighted by molar-refractivity contribution is 6.07. The SMILES string of the molecule is COc1cc(/C=N\NC(=O)c2cc(-c3ccccc3)nc3ccccc23)ccc1C. The predicted octanol–water partition coefficient (Wildman–Crippen LogP) is 4.98. The molecule has 5 heteroatoms. The maximum absolute atomic E-state index is 12.9. The van der Waals surface area contributed by atoms with Gasteiger partial charge in [-0.3, -0.25) is 4.79 Å². The first-order valence-corrected chi connectivity index (χ1v) is 9.59. The van der Waals surface area contributed by atoms with E-state index in [2.05, 4.69) is 10.5 Å². The minimum Gasteiger partial charge on any atom is -0.496 e. The number of aromatic nitrogens is 1. The van der Waals surface area contributed by atoms with Gasteiger partial charge in [0.05, 0.1) is 30.1 Å². The maximum atomic E-state index is 12.9. The van der Waals surface area contributed by atoms with Crippen molar-refractivity contribution in [2.24, 2.45) is 5.10 Å². The Kier molecular flexibility index (Phi) is 5.52. The summed E-state index contributed by atoms with van der Waals surface area (Å²) >= 11 is 0. The molecule has 0 saturated heterocycles. The van der Waals surface area contributed by atoms with E-state index in [0.717, 1.165) is 39.0 Å². The molecule has 0 aliphatic rings. The second-order valence-electron chi connectivity index (χ2n) is 6.87. The molecule has 0 bridgehead atoms. The lowest BCUT2D eigenvalue weighted by molar-refractivity contribution is 0.0956. The van der Waals surface area contributed by atoms with Crippen molar-refractivity contribution in [2.75, 3.05) is 7.11 Å². The monoisotopic (exact) mass is 395 g/mol. The molecule has 1 N–H and O–H groups in total. The Morgan fingerprint density at radius 3 is 2.57 bits per heavy atom. The van der Waals surface area contributed by atoms with E-state index in [0.29, 0.717) is 5.56 Å². The van der Waals surface area contributed by atoms with Crippen LogP contribution in [0.15, 0.2) is 84.0 Å². The Morgan fingerprint density at radius 1 is 1.00 bits per heavy atom. The minimum atomic E-state index is -0.291. The maximum Gasteiger partial charge on any atom is 0.272 e. The smallest absolute Gasteiger partial charge is 0.272 e. The molecule has 0 atom stereocenters. The quantitative estimate of drug-likeness (QED) is 0.383. The number of hydrazone groups is 1. The number of aryl methyl sites for hydroxylation is 1. The Hall–Kier alpha value is -3.99. The molecule has 1 amide bonds. The van der Waals surface area contributed by atoms with Gasteiger partial charge in [0, 0.05) is 10.9 Å². The Morgan fingerprint density at radius 2 is 1.77 bits per heavy atom. The summed E-state index contributed by atoms with van der Waals surface area (Å²) in [6.45, 7) is 1.97. The highest BCUT2D eigenvalue weighted by Gasteiger charge is 2.13. The van der Waals surface area contributed by atoms with Gasteiger partial charge < -0.3 is 4.74 Å². The van der Waals surface area contributed by atoms with Crippen LogP contribution >= 0.6 is 0 Å². The molecule has 0 fully saturated rings. The van der Waals surface area contributed by atoms with Gasteiger partial charge in [0.1, 0.15) is 5.75 Å². The molecule has 0 unspecified atom stereocenters. The van der Waals surface area contributed by atoms with Gasteiger partial charge in [-0.1, -0.05) is 60.7 Å². The summed E-state index contributed by atoms with van der Waals surface area (Å²) in [6, 6.07) is 24.9. The number of pyridine rings is 1. The number of fused-ring (bicyclic) bond motifs is 1. The molecule has 3 aromatic carbocycles. The summed E-state index contributed by atoms with van der Waals surface area (Å²) < 4.78 is 5.33. The average Bonchev–Trinajstić information content (AvgIpc) is 2.80. The number of amides is 1. The molecular weight excluding hydrogens is 374 g/mol. The van der Waals surface area contributed by atoms with Crippen molar-refractivity contribution in [3.63, 3.8) is 0 Å². The van der Waals surface area contributed by atoms with E-state index < -0.39 is 0 Å². The van der Waals surface area contributed by atoms with Crippen LogP contribution in [0.25, 0.3) is 22.2 Å². The van der Waals surface area contributed by atoms with Crippen molar-refractivity contribution < 1.29 is 9.53 Å². The van der Waals surface area contributed by atoms with Crippen molar-refractivity contribution in [2.45, 2.75) is 6.92 Å². The number of nitrogens with zero attached hydrogens (tertiary/aromatic N) is 2. The molecule has 148 valence electrons. The molecule has 1 aromatic heterocycles. The number of benzene rings is 3. The van der Waals surface area contributed by atoms with Gasteiger partial charge in [0.2, 0.25) is 0 Å². The van der Waals surface area contributed by atoms with Crippen molar-refractivity contribution >= 4 is 23.0 Å². The number of carbonyl (C=O) groups is 1. The van der Waals surface area contributed by atoms with Gasteiger partial charge in [-0.2, -0.15) is 5.10 Å². The molecule has 1 heterocycles. The fourth-order valence-corrected chi connectivity index (χ4v) is 3.26. The largest absolute Gasteiger partial charge is 0.496 e. The molecule has 30 heavy (non-hydrogen) atoms. The van der Waals surface area contributed by atoms with Crippen LogP contribution in [0, 0.1) is 6.92 Å². The number of para-hydroxylation sites is 1. The standard InChI is InChI=1S/C25H21N3O2/c1-17-12-13-18(14-24(17)30-2)16-26-28-25(29)21-15-23(19-8-4-3-5-9-19)27-22-11-7-6-10-20(21)22/h3-16H,1-2H3,(H,28,29)/b26-16-. The van der Waals surface area contributed by atoms with Gasteiger partial charge in [0.25, 0.3) is 5.91 Å². The number of carbonyl (C=O) groups excluding carboxylic acids is 1. The predicted molar refractivity (Wildman–Crippen MR) is 120 cm³/mol. The minimum absolute atomic E-state index is 0.291. The summed E-state index contributed by atoms with van der Waals surface area (Å²) in [5.41, 5.74) is 7.49. The number of ether oxygens (including phenoxy) is 1. The Labute approximate surface area is 175 Å². The second kappa shape index (κ2) is 8.57. The Balaban J connectivity index is 1.64. The van der Waals surface area contributed by atoms with Crippen LogP contribution in [-0.2, 0) is 0 Å². The number of methoxy groups -OCH3 is 1. The third-order valence-electron chi connectivity index (χ3n) is 4.84. The second-order valence-corrected chi connectivity index (χ2v) is 6.87. The average molecular weight is 395 g/mol. The molecule has 0 spiro atoms. The number of hydrogen-bond donors (Lipinski definition) is 1. The molecule has 4 rings (SSSR count). The van der Waals surface area contributed by atoms with E-state index in [-0.39, 0.29) is 5.91 Å². The van der Waals surface area contributed by atoms with E-state index in [9.17, 15) is 4.79 Å². The lowest BCUT2D eigenvalue weighted by Gasteiger charge is -2.09. The van der Waals surface area contributed by atoms with E-state index in [1.54, 1.807) is 19.4 Å². The molecule has 0 aliphatic carbocycles. The van der Waals surface area contributed by atoms with E-state index in [4.69, 9.17) is 9.72 Å². The number of rotatable bonds is 5. The van der Waals surface area contributed by atoms with Gasteiger partial charge in [-0.25, -0.2) is 10.4 Å². The molecule has 5 nitrogen and oxygen atoms in total. The van der Waals surface area contributed by atoms with Crippen LogP contribution in [0.5, 0.6) is 5.75 Å². The lowest BCUT2D eigenvalue weighted by Crippen LogP contribution is -2.18. The summed E-state index contributed by atoms with van der Waals surface area (Å²) in [5.74, 6) is 0.485. The number of hydrogen-bond acceptors (Lipinski definition) is 4. The molecule has 0 radical (unpaired) electrons. The van der Waals surface area contributed by atoms with Crippen molar-refractivity contribution in [1.29, 1.82) is 0 Å². The van der Waals surface area contributed by atoms with E-state index in [1.807, 2.05) is 79.7 Å². The van der Waals surface area contributed by atoms with Crippen LogP contribution in [-0.4, -0.2) is 24.2 Å². The van der Waals surface area contributed by atoms with E-state index >= 15 is 0 Å². The van der Waals surface area contributed by atoms with Crippen molar-refractivity contribution in [3.8, 4) is 17.0 Å². The van der Waals surface area contributed by atoms with Crippen LogP contribution in [0.3, 0.4) is 0 Å². The zero-order chi connectivity index (χ0) is 20.9. The van der Waals surface area contributed by atoms with Gasteiger partial charge in [-0.15, -0.1) is 0 Å². The highest BCUT2D eigenvalue weighted by Crippen LogP contribution is 2.24. The number of nitrogens with one attached hydrogen (secondary N) is 1. The van der Waals surface area contributed by atoms with Crippen LogP contribution in [0.1, 0.15) is 21.5 Å². The van der Waals surface area contributed by atoms with Crippen molar-refractivity contribution in [3.05, 3.63) is 95.6 Å². The molecular formula is C25H21N3O2. The third-order valence-corrected chi connectivity index (χ3v) is 4.84. The Bertz CT molecular complexity index is 1230. The fourth-order valence-electron chi connectivity index (χ4n) is 3.26. The summed E-state index contributed by atoms with van der Waals surface area (Å²) in [6.07, 6.45) is 1.60. The van der Waals surface area contributed by atoms with Crippen LogP contribution in [0.4, 0.5) is 0 Å². The summed E-state index contributed by atoms with van der Waals surface area (Å²) in [4.78, 5) is 17.6. The lowest BCUT2D eigenvalue weighted by atomic mass is 10.0. The first-order chi connectivity index (χ1) is 14.7. The first kappa shape index (κ1) is 19.3. The van der Waals surface area contributed by atoms with Gasteiger partial charge >= 0.3 is 0 Å². The van der Waals surface area contributed by atoms with Gasteiger partial charge in [0.15, 0.2) is 0 Å². The summed E-state index contributed by atoms with van der Waals surface area (Å²) in [7, 11) is 1.63. The normalized spacial score (nSPS) is 11.0. The summed E-state index contributed by atoms with van der Waals surface area (Å²) in [5, 5.41) is 4.91. The van der Waals surface area contributed by atoms with Crippen LogP contribution in [0.2, 0.25) is 0 Å². The fraction of sp³-hybridized carbons (Fsp3) is 0.0800. The highest BCUT2D eigenvalue weighted by atomic mass is 16.5. The molecule has 4 aromatic rings. The zero-order valence-electron chi connectivity index (χ0n) is 16.8. The molecule has 0 saturated carbocycles. The first-order valence-electron chi connectivity index (χ1n) is 9.59. The van der Waals surface area contributed by atoms with E-state index in [1.165, 1.54) is 0 Å². The van der Waals surface area contributed by atoms with Crippen LogP contribution < -0.4 is 10.2 Å². The van der Waals surface area contributed by atoms with Crippen molar-refractivity contribution in [1.82, 2.24) is 10.4 Å². The van der Waals surface area contributed by atoms with Gasteiger partial charge in [-0.05, 0) is 36.2 Å².